The highest BCUT2D eigenvalue weighted by molar-refractivity contribution is 7.92. The second kappa shape index (κ2) is 3.73. The highest BCUT2D eigenvalue weighted by Gasteiger charge is 2.28. The lowest BCUT2D eigenvalue weighted by atomic mass is 10.2. The van der Waals surface area contributed by atoms with Gasteiger partial charge in [0.15, 0.2) is 9.84 Å². The first-order chi connectivity index (χ1) is 6.68. The molecule has 78 valence electrons. The summed E-state index contributed by atoms with van der Waals surface area (Å²) in [4.78, 5) is 3.90. The van der Waals surface area contributed by atoms with Crippen molar-refractivity contribution in [3.05, 3.63) is 18.7 Å². The molecule has 1 aromatic heterocycles. The van der Waals surface area contributed by atoms with Crippen molar-refractivity contribution in [3.63, 3.8) is 0 Å². The van der Waals surface area contributed by atoms with E-state index in [1.807, 2.05) is 10.8 Å². The Hall–Kier alpha value is -0.840. The molecule has 0 amide bonds. The Bertz CT molecular complexity index is 383. The van der Waals surface area contributed by atoms with Gasteiger partial charge in [-0.15, -0.1) is 0 Å². The summed E-state index contributed by atoms with van der Waals surface area (Å²) in [7, 11) is -2.85. The molecule has 4 nitrogen and oxygen atoms in total. The van der Waals surface area contributed by atoms with Crippen molar-refractivity contribution < 1.29 is 8.42 Å². The van der Waals surface area contributed by atoms with Gasteiger partial charge in [-0.1, -0.05) is 6.42 Å². The summed E-state index contributed by atoms with van der Waals surface area (Å²) in [5.74, 6) is 0.354. The molecule has 0 aromatic carbocycles. The molecule has 1 atom stereocenters. The number of rotatable bonds is 2. The van der Waals surface area contributed by atoms with E-state index in [0.29, 0.717) is 12.3 Å². The summed E-state index contributed by atoms with van der Waals surface area (Å²) in [6.45, 7) is 0.558. The Labute approximate surface area is 83.9 Å². The van der Waals surface area contributed by atoms with Gasteiger partial charge in [-0.05, 0) is 12.8 Å². The van der Waals surface area contributed by atoms with Crippen LogP contribution in [0.25, 0.3) is 0 Å². The first kappa shape index (κ1) is 9.71. The molecule has 5 heteroatoms. The molecule has 1 aromatic rings. The molecule has 1 saturated heterocycles. The van der Waals surface area contributed by atoms with E-state index < -0.39 is 9.84 Å². The van der Waals surface area contributed by atoms with E-state index >= 15 is 0 Å². The Morgan fingerprint density at radius 1 is 1.43 bits per heavy atom. The molecule has 2 rings (SSSR count). The minimum Gasteiger partial charge on any atom is -0.336 e. The first-order valence-corrected chi connectivity index (χ1v) is 6.57. The zero-order valence-corrected chi connectivity index (χ0v) is 8.78. The second-order valence-corrected chi connectivity index (χ2v) is 6.14. The van der Waals surface area contributed by atoms with Gasteiger partial charge in [-0.2, -0.15) is 0 Å². The lowest BCUT2D eigenvalue weighted by Gasteiger charge is -2.22. The Kier molecular flexibility index (Phi) is 2.58. The van der Waals surface area contributed by atoms with Gasteiger partial charge >= 0.3 is 0 Å². The molecule has 0 N–H and O–H groups in total. The third-order valence-corrected chi connectivity index (χ3v) is 4.94. The molecule has 2 heterocycles. The third-order valence-electron chi connectivity index (χ3n) is 2.69. The molecule has 1 aliphatic rings. The van der Waals surface area contributed by atoms with Gasteiger partial charge in [0, 0.05) is 18.9 Å². The van der Waals surface area contributed by atoms with Gasteiger partial charge in [0.05, 0.1) is 17.3 Å². The molecule has 14 heavy (non-hydrogen) atoms. The maximum atomic E-state index is 11.7. The van der Waals surface area contributed by atoms with Crippen molar-refractivity contribution in [2.45, 2.75) is 31.1 Å². The lowest BCUT2D eigenvalue weighted by molar-refractivity contribution is 0.508. The second-order valence-electron chi connectivity index (χ2n) is 3.74. The predicted octanol–water partition coefficient (Wildman–Crippen LogP) is 0.850. The van der Waals surface area contributed by atoms with E-state index in [4.69, 9.17) is 0 Å². The van der Waals surface area contributed by atoms with Gasteiger partial charge in [0.25, 0.3) is 0 Å². The van der Waals surface area contributed by atoms with E-state index in [2.05, 4.69) is 4.98 Å². The fraction of sp³-hybridized carbons (Fsp3) is 0.667. The molecule has 1 aliphatic heterocycles. The van der Waals surface area contributed by atoms with Gasteiger partial charge in [0.2, 0.25) is 0 Å². The van der Waals surface area contributed by atoms with Crippen molar-refractivity contribution in [3.8, 4) is 0 Å². The largest absolute Gasteiger partial charge is 0.336 e. The van der Waals surface area contributed by atoms with E-state index in [-0.39, 0.29) is 5.25 Å². The van der Waals surface area contributed by atoms with Crippen LogP contribution in [-0.4, -0.2) is 29.0 Å². The van der Waals surface area contributed by atoms with Crippen molar-refractivity contribution in [2.24, 2.45) is 0 Å². The zero-order valence-electron chi connectivity index (χ0n) is 7.96. The van der Waals surface area contributed by atoms with Crippen molar-refractivity contribution >= 4 is 9.84 Å². The van der Waals surface area contributed by atoms with Crippen LogP contribution in [0.15, 0.2) is 18.7 Å². The molecule has 0 aliphatic carbocycles. The zero-order chi connectivity index (χ0) is 10.0. The number of hydrogen-bond acceptors (Lipinski definition) is 3. The minimum atomic E-state index is -2.85. The van der Waals surface area contributed by atoms with E-state index in [9.17, 15) is 8.42 Å². The van der Waals surface area contributed by atoms with E-state index in [1.54, 1.807) is 12.5 Å². The normalized spacial score (nSPS) is 26.1. The predicted molar refractivity (Wildman–Crippen MR) is 53.7 cm³/mol. The number of nitrogens with zero attached hydrogens (tertiary/aromatic N) is 2. The standard InChI is InChI=1S/C9H14N2O2S/c12-14(13)6-2-1-3-9(14)7-11-5-4-10-8-11/h4-5,8-9H,1-3,6-7H2. The third kappa shape index (κ3) is 1.97. The van der Waals surface area contributed by atoms with Crippen LogP contribution in [0.4, 0.5) is 0 Å². The van der Waals surface area contributed by atoms with Crippen LogP contribution in [0.5, 0.6) is 0 Å². The molecule has 0 saturated carbocycles. The van der Waals surface area contributed by atoms with E-state index in [1.165, 1.54) is 0 Å². The van der Waals surface area contributed by atoms with Gasteiger partial charge in [-0.25, -0.2) is 13.4 Å². The fourth-order valence-corrected chi connectivity index (χ4v) is 3.72. The average molecular weight is 214 g/mol. The SMILES string of the molecule is O=S1(=O)CCCCC1Cn1ccnc1. The topological polar surface area (TPSA) is 52.0 Å². The van der Waals surface area contributed by atoms with Crippen molar-refractivity contribution in [1.82, 2.24) is 9.55 Å². The van der Waals surface area contributed by atoms with Crippen LogP contribution >= 0.6 is 0 Å². The molecule has 1 fully saturated rings. The minimum absolute atomic E-state index is 0.203. The summed E-state index contributed by atoms with van der Waals surface area (Å²) >= 11 is 0. The van der Waals surface area contributed by atoms with Gasteiger partial charge in [-0.3, -0.25) is 0 Å². The maximum Gasteiger partial charge on any atom is 0.154 e. The number of hydrogen-bond donors (Lipinski definition) is 0. The Balaban J connectivity index is 2.10. The van der Waals surface area contributed by atoms with Crippen LogP contribution in [0.3, 0.4) is 0 Å². The fourth-order valence-electron chi connectivity index (χ4n) is 1.86. The van der Waals surface area contributed by atoms with Crippen LogP contribution in [0.1, 0.15) is 19.3 Å². The van der Waals surface area contributed by atoms with Crippen LogP contribution in [-0.2, 0) is 16.4 Å². The highest BCUT2D eigenvalue weighted by atomic mass is 32.2. The summed E-state index contributed by atoms with van der Waals surface area (Å²) in [6, 6.07) is 0. The quantitative estimate of drug-likeness (QED) is 0.733. The summed E-state index contributed by atoms with van der Waals surface area (Å²) in [6.07, 6.45) is 7.80. The van der Waals surface area contributed by atoms with E-state index in [0.717, 1.165) is 19.3 Å². The monoisotopic (exact) mass is 214 g/mol. The van der Waals surface area contributed by atoms with Crippen molar-refractivity contribution in [1.29, 1.82) is 0 Å². The first-order valence-electron chi connectivity index (χ1n) is 4.86. The smallest absolute Gasteiger partial charge is 0.154 e. The molecular weight excluding hydrogens is 200 g/mol. The number of sulfone groups is 1. The van der Waals surface area contributed by atoms with Gasteiger partial charge < -0.3 is 4.57 Å². The van der Waals surface area contributed by atoms with Crippen LogP contribution in [0.2, 0.25) is 0 Å². The molecular formula is C9H14N2O2S. The lowest BCUT2D eigenvalue weighted by Crippen LogP contribution is -2.31. The van der Waals surface area contributed by atoms with Crippen LogP contribution in [0, 0.1) is 0 Å². The number of aromatic nitrogens is 2. The highest BCUT2D eigenvalue weighted by Crippen LogP contribution is 2.20. The Morgan fingerprint density at radius 3 is 2.93 bits per heavy atom. The number of imidazole rings is 1. The van der Waals surface area contributed by atoms with Crippen molar-refractivity contribution in [2.75, 3.05) is 5.75 Å². The van der Waals surface area contributed by atoms with Crippen LogP contribution < -0.4 is 0 Å². The summed E-state index contributed by atoms with van der Waals surface area (Å²) < 4.78 is 25.2. The molecule has 0 bridgehead atoms. The van der Waals surface area contributed by atoms with Gasteiger partial charge in [0.1, 0.15) is 0 Å². The molecule has 0 spiro atoms. The molecule has 0 radical (unpaired) electrons. The Morgan fingerprint density at radius 2 is 2.29 bits per heavy atom. The molecule has 1 unspecified atom stereocenters. The summed E-state index contributed by atoms with van der Waals surface area (Å²) in [5.41, 5.74) is 0. The average Bonchev–Trinajstić information content (AvgIpc) is 2.61. The summed E-state index contributed by atoms with van der Waals surface area (Å²) in [5, 5.41) is -0.203. The maximum absolute atomic E-state index is 11.7.